The number of Topliss-reactive ketones (excluding diaryl/α,β-unsaturated/α-hetero) is 1. The van der Waals surface area contributed by atoms with Gasteiger partial charge in [0.2, 0.25) is 0 Å². The highest BCUT2D eigenvalue weighted by Crippen LogP contribution is 2.10. The summed E-state index contributed by atoms with van der Waals surface area (Å²) in [5.74, 6) is -1.18. The van der Waals surface area contributed by atoms with Crippen LogP contribution in [0, 0.1) is 0 Å². The lowest BCUT2D eigenvalue weighted by Crippen LogP contribution is -2.44. The number of hydrogen-bond acceptors (Lipinski definition) is 3. The molecule has 0 saturated carbocycles. The number of ketones is 1. The number of hydrogen-bond donors (Lipinski definition) is 3. The average molecular weight is 326 g/mol. The Morgan fingerprint density at radius 3 is 2.17 bits per heavy atom. The maximum atomic E-state index is 12.0. The molecular formula is C18H18N2O4. The van der Waals surface area contributed by atoms with Crippen molar-refractivity contribution in [2.24, 2.45) is 0 Å². The molecule has 2 aromatic rings. The standard InChI is InChI=1S/C18H18N2O4/c1-12(21)14-7-9-15(10-8-14)19-18(24)20-16(17(22)23)11-13-5-3-2-4-6-13/h2-10,16H,11H2,1H3,(H,22,23)(H2,19,20,24)/t16-/m0/s1. The van der Waals surface area contributed by atoms with Gasteiger partial charge in [-0.05, 0) is 36.8 Å². The molecule has 0 radical (unpaired) electrons. The van der Waals surface area contributed by atoms with Gasteiger partial charge >= 0.3 is 12.0 Å². The van der Waals surface area contributed by atoms with E-state index in [1.165, 1.54) is 6.92 Å². The van der Waals surface area contributed by atoms with Gasteiger partial charge in [-0.25, -0.2) is 9.59 Å². The third kappa shape index (κ3) is 4.95. The number of urea groups is 1. The van der Waals surface area contributed by atoms with Crippen molar-refractivity contribution in [2.75, 3.05) is 5.32 Å². The van der Waals surface area contributed by atoms with Gasteiger partial charge in [0.1, 0.15) is 6.04 Å². The second-order valence-corrected chi connectivity index (χ2v) is 5.31. The fourth-order valence-corrected chi connectivity index (χ4v) is 2.16. The summed E-state index contributed by atoms with van der Waals surface area (Å²) in [6.07, 6.45) is 0.187. The number of nitrogens with one attached hydrogen (secondary N) is 2. The van der Waals surface area contributed by atoms with Crippen LogP contribution >= 0.6 is 0 Å². The second-order valence-electron chi connectivity index (χ2n) is 5.31. The van der Waals surface area contributed by atoms with E-state index in [0.717, 1.165) is 5.56 Å². The van der Waals surface area contributed by atoms with Crippen LogP contribution in [0.5, 0.6) is 0 Å². The van der Waals surface area contributed by atoms with Crippen molar-refractivity contribution in [3.63, 3.8) is 0 Å². The number of carbonyl (C=O) groups is 3. The van der Waals surface area contributed by atoms with Gasteiger partial charge in [-0.3, -0.25) is 4.79 Å². The van der Waals surface area contributed by atoms with E-state index in [-0.39, 0.29) is 12.2 Å². The second kappa shape index (κ2) is 7.92. The van der Waals surface area contributed by atoms with Gasteiger partial charge in [0, 0.05) is 17.7 Å². The van der Waals surface area contributed by atoms with Crippen LogP contribution in [0.3, 0.4) is 0 Å². The number of carbonyl (C=O) groups excluding carboxylic acids is 2. The van der Waals surface area contributed by atoms with Gasteiger partial charge in [0.25, 0.3) is 0 Å². The molecule has 2 amide bonds. The molecule has 3 N–H and O–H groups in total. The van der Waals surface area contributed by atoms with E-state index < -0.39 is 18.0 Å². The van der Waals surface area contributed by atoms with Gasteiger partial charge in [-0.15, -0.1) is 0 Å². The van der Waals surface area contributed by atoms with E-state index in [2.05, 4.69) is 10.6 Å². The van der Waals surface area contributed by atoms with E-state index >= 15 is 0 Å². The number of carboxylic acids is 1. The molecule has 2 rings (SSSR count). The lowest BCUT2D eigenvalue weighted by Gasteiger charge is -2.15. The molecule has 24 heavy (non-hydrogen) atoms. The molecule has 6 heteroatoms. The molecular weight excluding hydrogens is 308 g/mol. The Hall–Kier alpha value is -3.15. The first-order valence-electron chi connectivity index (χ1n) is 7.41. The van der Waals surface area contributed by atoms with E-state index in [1.807, 2.05) is 18.2 Å². The first-order chi connectivity index (χ1) is 11.5. The molecule has 0 bridgehead atoms. The predicted molar refractivity (Wildman–Crippen MR) is 90.2 cm³/mol. The van der Waals surface area contributed by atoms with Gasteiger partial charge in [-0.2, -0.15) is 0 Å². The lowest BCUT2D eigenvalue weighted by atomic mass is 10.1. The summed E-state index contributed by atoms with van der Waals surface area (Å²) in [4.78, 5) is 34.5. The van der Waals surface area contributed by atoms with Crippen LogP contribution in [0.1, 0.15) is 22.8 Å². The molecule has 0 aliphatic rings. The minimum Gasteiger partial charge on any atom is -0.480 e. The van der Waals surface area contributed by atoms with Crippen LogP contribution in [-0.2, 0) is 11.2 Å². The molecule has 0 saturated heterocycles. The van der Waals surface area contributed by atoms with E-state index in [9.17, 15) is 19.5 Å². The summed E-state index contributed by atoms with van der Waals surface area (Å²) in [6.45, 7) is 1.45. The SMILES string of the molecule is CC(=O)c1ccc(NC(=O)N[C@@H](Cc2ccccc2)C(=O)O)cc1. The maximum Gasteiger partial charge on any atom is 0.326 e. The molecule has 1 atom stereocenters. The highest BCUT2D eigenvalue weighted by atomic mass is 16.4. The summed E-state index contributed by atoms with van der Waals surface area (Å²) >= 11 is 0. The smallest absolute Gasteiger partial charge is 0.326 e. The van der Waals surface area contributed by atoms with E-state index in [1.54, 1.807) is 36.4 Å². The molecule has 2 aromatic carbocycles. The van der Waals surface area contributed by atoms with Crippen LogP contribution in [0.2, 0.25) is 0 Å². The normalized spacial score (nSPS) is 11.4. The molecule has 0 spiro atoms. The minimum atomic E-state index is -1.11. The predicted octanol–water partition coefficient (Wildman–Crippen LogP) is 2.71. The molecule has 0 fully saturated rings. The summed E-state index contributed by atoms with van der Waals surface area (Å²) in [6, 6.07) is 13.8. The Kier molecular flexibility index (Phi) is 5.68. The lowest BCUT2D eigenvalue weighted by molar-refractivity contribution is -0.139. The monoisotopic (exact) mass is 326 g/mol. The molecule has 0 unspecified atom stereocenters. The van der Waals surface area contributed by atoms with Gasteiger partial charge in [0.05, 0.1) is 0 Å². The molecule has 0 aliphatic heterocycles. The maximum absolute atomic E-state index is 12.0. The summed E-state index contributed by atoms with van der Waals surface area (Å²) in [7, 11) is 0. The zero-order chi connectivity index (χ0) is 17.5. The first kappa shape index (κ1) is 17.2. The van der Waals surface area contributed by atoms with Gasteiger partial charge in [-0.1, -0.05) is 30.3 Å². The van der Waals surface area contributed by atoms with Crippen molar-refractivity contribution in [1.82, 2.24) is 5.32 Å². The number of rotatable bonds is 6. The Bertz CT molecular complexity index is 726. The van der Waals surface area contributed by atoms with Crippen LogP contribution < -0.4 is 10.6 Å². The van der Waals surface area contributed by atoms with E-state index in [4.69, 9.17) is 0 Å². The molecule has 0 heterocycles. The Labute approximate surface area is 139 Å². The van der Waals surface area contributed by atoms with Crippen LogP contribution in [0.15, 0.2) is 54.6 Å². The van der Waals surface area contributed by atoms with Crippen molar-refractivity contribution in [1.29, 1.82) is 0 Å². The third-order valence-electron chi connectivity index (χ3n) is 3.44. The number of amides is 2. The van der Waals surface area contributed by atoms with Gasteiger partial charge in [0.15, 0.2) is 5.78 Å². The zero-order valence-corrected chi connectivity index (χ0v) is 13.2. The van der Waals surface area contributed by atoms with Crippen molar-refractivity contribution in [2.45, 2.75) is 19.4 Å². The fourth-order valence-electron chi connectivity index (χ4n) is 2.16. The Balaban J connectivity index is 1.97. The number of anilines is 1. The minimum absolute atomic E-state index is 0.0696. The molecule has 0 aliphatic carbocycles. The van der Waals surface area contributed by atoms with Crippen molar-refractivity contribution < 1.29 is 19.5 Å². The highest BCUT2D eigenvalue weighted by Gasteiger charge is 2.20. The van der Waals surface area contributed by atoms with Crippen LogP contribution in [-0.4, -0.2) is 28.9 Å². The third-order valence-corrected chi connectivity index (χ3v) is 3.44. The van der Waals surface area contributed by atoms with Crippen molar-refractivity contribution >= 4 is 23.5 Å². The summed E-state index contributed by atoms with van der Waals surface area (Å²) in [5.41, 5.74) is 1.82. The fraction of sp³-hybridized carbons (Fsp3) is 0.167. The molecule has 0 aromatic heterocycles. The van der Waals surface area contributed by atoms with Gasteiger partial charge < -0.3 is 15.7 Å². The molecule has 124 valence electrons. The van der Waals surface area contributed by atoms with Crippen LogP contribution in [0.4, 0.5) is 10.5 Å². The van der Waals surface area contributed by atoms with Crippen molar-refractivity contribution in [3.05, 3.63) is 65.7 Å². The number of carboxylic acid groups (broad SMARTS) is 1. The highest BCUT2D eigenvalue weighted by molar-refractivity contribution is 5.96. The van der Waals surface area contributed by atoms with Crippen molar-refractivity contribution in [3.8, 4) is 0 Å². The summed E-state index contributed by atoms with van der Waals surface area (Å²) in [5, 5.41) is 14.3. The topological polar surface area (TPSA) is 95.5 Å². The number of benzene rings is 2. The summed E-state index contributed by atoms with van der Waals surface area (Å²) < 4.78 is 0. The average Bonchev–Trinajstić information content (AvgIpc) is 2.55. The quantitative estimate of drug-likeness (QED) is 0.711. The molecule has 6 nitrogen and oxygen atoms in total. The first-order valence-corrected chi connectivity index (χ1v) is 7.41. The zero-order valence-electron chi connectivity index (χ0n) is 13.2. The number of aliphatic carboxylic acids is 1. The van der Waals surface area contributed by atoms with Crippen LogP contribution in [0.25, 0.3) is 0 Å². The van der Waals surface area contributed by atoms with E-state index in [0.29, 0.717) is 11.3 Å². The Morgan fingerprint density at radius 1 is 1.00 bits per heavy atom. The Morgan fingerprint density at radius 2 is 1.62 bits per heavy atom. The largest absolute Gasteiger partial charge is 0.480 e.